The number of rotatable bonds is 4. The zero-order valence-electron chi connectivity index (χ0n) is 11.9. The molecule has 110 valence electrons. The third kappa shape index (κ3) is 6.21. The van der Waals surface area contributed by atoms with E-state index in [1.165, 1.54) is 0 Å². The van der Waals surface area contributed by atoms with Gasteiger partial charge in [0.05, 0.1) is 18.1 Å². The Kier molecular flexibility index (Phi) is 7.10. The summed E-state index contributed by atoms with van der Waals surface area (Å²) in [6.45, 7) is 3.45. The van der Waals surface area contributed by atoms with Crippen LogP contribution in [0.25, 0.3) is 0 Å². The molecule has 4 atom stereocenters. The van der Waals surface area contributed by atoms with E-state index in [4.69, 9.17) is 4.74 Å². The minimum absolute atomic E-state index is 0.0904. The molecule has 0 aromatic rings. The second-order valence-corrected chi connectivity index (χ2v) is 5.48. The average Bonchev–Trinajstić information content (AvgIpc) is 2.35. The normalized spacial score (nSPS) is 30.7. The van der Waals surface area contributed by atoms with Gasteiger partial charge in [-0.25, -0.2) is 0 Å². The molecular weight excluding hydrogens is 244 g/mol. The lowest BCUT2D eigenvalue weighted by Crippen LogP contribution is -2.30. The van der Waals surface area contributed by atoms with Crippen molar-refractivity contribution in [2.45, 2.75) is 70.7 Å². The molecule has 0 aromatic heterocycles. The number of hydrogen-bond donors (Lipinski definition) is 2. The number of esters is 1. The predicted molar refractivity (Wildman–Crippen MR) is 73.6 cm³/mol. The van der Waals surface area contributed by atoms with Crippen LogP contribution in [0.1, 0.15) is 52.4 Å². The zero-order valence-corrected chi connectivity index (χ0v) is 11.9. The first-order valence-corrected chi connectivity index (χ1v) is 7.24. The van der Waals surface area contributed by atoms with E-state index in [2.05, 4.69) is 0 Å². The highest BCUT2D eigenvalue weighted by molar-refractivity contribution is 5.73. The number of aliphatic hydroxyl groups is 2. The Hall–Kier alpha value is -0.870. The van der Waals surface area contributed by atoms with Crippen LogP contribution in [0.5, 0.6) is 0 Å². The Bertz CT molecular complexity index is 299. The predicted octanol–water partition coefficient (Wildman–Crippen LogP) is 2.19. The highest BCUT2D eigenvalue weighted by atomic mass is 16.5. The largest absolute Gasteiger partial charge is 0.462 e. The molecule has 1 aliphatic rings. The SMILES string of the molecule is C[C@H](O)CCC[C@@H]1CCCC=C[C@@H](O)[C@@H](C)C(=O)O1. The molecule has 19 heavy (non-hydrogen) atoms. The molecule has 0 radical (unpaired) electrons. The number of hydrogen-bond acceptors (Lipinski definition) is 4. The Morgan fingerprint density at radius 3 is 2.95 bits per heavy atom. The molecule has 4 nitrogen and oxygen atoms in total. The summed E-state index contributed by atoms with van der Waals surface area (Å²) in [5.41, 5.74) is 0. The van der Waals surface area contributed by atoms with Crippen LogP contribution in [-0.2, 0) is 9.53 Å². The van der Waals surface area contributed by atoms with Crippen molar-refractivity contribution < 1.29 is 19.7 Å². The summed E-state index contributed by atoms with van der Waals surface area (Å²) in [6.07, 6.45) is 7.51. The molecule has 0 spiro atoms. The summed E-state index contributed by atoms with van der Waals surface area (Å²) in [7, 11) is 0. The van der Waals surface area contributed by atoms with E-state index < -0.39 is 12.0 Å². The number of aliphatic hydroxyl groups excluding tert-OH is 2. The standard InChI is InChI=1S/C15H26O4/c1-11(16)7-6-9-13-8-4-3-5-10-14(17)12(2)15(18)19-13/h5,10-14,16-17H,3-4,6-9H2,1-2H3/t11-,12+,13-,14+/m0/s1. The zero-order chi connectivity index (χ0) is 14.3. The van der Waals surface area contributed by atoms with Crippen molar-refractivity contribution in [3.05, 3.63) is 12.2 Å². The van der Waals surface area contributed by atoms with Crippen molar-refractivity contribution in [3.8, 4) is 0 Å². The maximum Gasteiger partial charge on any atom is 0.311 e. The first-order chi connectivity index (χ1) is 9.00. The maximum atomic E-state index is 11.9. The van der Waals surface area contributed by atoms with Gasteiger partial charge in [-0.05, 0) is 52.4 Å². The lowest BCUT2D eigenvalue weighted by molar-refractivity contribution is -0.157. The first-order valence-electron chi connectivity index (χ1n) is 7.24. The molecular formula is C15H26O4. The maximum absolute atomic E-state index is 11.9. The molecule has 0 aromatic carbocycles. The lowest BCUT2D eigenvalue weighted by Gasteiger charge is -2.23. The summed E-state index contributed by atoms with van der Waals surface area (Å²) in [6, 6.07) is 0. The minimum atomic E-state index is -0.760. The minimum Gasteiger partial charge on any atom is -0.462 e. The lowest BCUT2D eigenvalue weighted by atomic mass is 10.00. The van der Waals surface area contributed by atoms with Crippen LogP contribution in [0.15, 0.2) is 12.2 Å². The average molecular weight is 270 g/mol. The number of ether oxygens (including phenoxy) is 1. The van der Waals surface area contributed by atoms with Crippen molar-refractivity contribution >= 4 is 5.97 Å². The van der Waals surface area contributed by atoms with E-state index in [-0.39, 0.29) is 18.2 Å². The fourth-order valence-electron chi connectivity index (χ4n) is 2.18. The number of carbonyl (C=O) groups excluding carboxylic acids is 1. The van der Waals surface area contributed by atoms with E-state index >= 15 is 0 Å². The molecule has 1 heterocycles. The van der Waals surface area contributed by atoms with E-state index in [9.17, 15) is 15.0 Å². The third-order valence-electron chi connectivity index (χ3n) is 3.55. The molecule has 0 amide bonds. The Labute approximate surface area is 115 Å². The molecule has 1 rings (SSSR count). The fourth-order valence-corrected chi connectivity index (χ4v) is 2.18. The second kappa shape index (κ2) is 8.33. The van der Waals surface area contributed by atoms with Crippen molar-refractivity contribution in [2.24, 2.45) is 5.92 Å². The molecule has 4 heteroatoms. The van der Waals surface area contributed by atoms with Crippen LogP contribution < -0.4 is 0 Å². The van der Waals surface area contributed by atoms with Crippen LogP contribution in [0.4, 0.5) is 0 Å². The van der Waals surface area contributed by atoms with Gasteiger partial charge in [0.25, 0.3) is 0 Å². The number of carbonyl (C=O) groups is 1. The van der Waals surface area contributed by atoms with Gasteiger partial charge < -0.3 is 14.9 Å². The van der Waals surface area contributed by atoms with Gasteiger partial charge in [0, 0.05) is 0 Å². The molecule has 1 aliphatic heterocycles. The monoisotopic (exact) mass is 270 g/mol. The topological polar surface area (TPSA) is 66.8 Å². The number of cyclic esters (lactones) is 1. The molecule has 0 bridgehead atoms. The second-order valence-electron chi connectivity index (χ2n) is 5.48. The fraction of sp³-hybridized carbons (Fsp3) is 0.800. The first kappa shape index (κ1) is 16.2. The summed E-state index contributed by atoms with van der Waals surface area (Å²) in [4.78, 5) is 11.9. The molecule has 0 fully saturated rings. The highest BCUT2D eigenvalue weighted by Crippen LogP contribution is 2.19. The van der Waals surface area contributed by atoms with Crippen molar-refractivity contribution in [1.82, 2.24) is 0 Å². The van der Waals surface area contributed by atoms with Crippen LogP contribution in [-0.4, -0.2) is 34.5 Å². The van der Waals surface area contributed by atoms with Crippen LogP contribution >= 0.6 is 0 Å². The van der Waals surface area contributed by atoms with Crippen LogP contribution in [0.3, 0.4) is 0 Å². The third-order valence-corrected chi connectivity index (χ3v) is 3.55. The van der Waals surface area contributed by atoms with Crippen molar-refractivity contribution in [2.75, 3.05) is 0 Å². The Morgan fingerprint density at radius 1 is 1.53 bits per heavy atom. The van der Waals surface area contributed by atoms with Crippen molar-refractivity contribution in [3.63, 3.8) is 0 Å². The Morgan fingerprint density at radius 2 is 2.26 bits per heavy atom. The van der Waals surface area contributed by atoms with Crippen LogP contribution in [0, 0.1) is 5.92 Å². The molecule has 0 saturated heterocycles. The van der Waals surface area contributed by atoms with E-state index in [0.29, 0.717) is 0 Å². The van der Waals surface area contributed by atoms with Gasteiger partial charge in [-0.3, -0.25) is 4.79 Å². The van der Waals surface area contributed by atoms with Gasteiger partial charge in [0.15, 0.2) is 0 Å². The molecule has 2 N–H and O–H groups in total. The van der Waals surface area contributed by atoms with Gasteiger partial charge >= 0.3 is 5.97 Å². The smallest absolute Gasteiger partial charge is 0.311 e. The van der Waals surface area contributed by atoms with E-state index in [1.54, 1.807) is 19.9 Å². The van der Waals surface area contributed by atoms with Gasteiger partial charge in [-0.15, -0.1) is 0 Å². The Balaban J connectivity index is 2.52. The number of allylic oxidation sites excluding steroid dienone is 1. The van der Waals surface area contributed by atoms with E-state index in [0.717, 1.165) is 38.5 Å². The molecule has 0 unspecified atom stereocenters. The molecule has 0 aliphatic carbocycles. The van der Waals surface area contributed by atoms with Crippen LogP contribution in [0.2, 0.25) is 0 Å². The van der Waals surface area contributed by atoms with Gasteiger partial charge in [-0.1, -0.05) is 12.2 Å². The summed E-state index contributed by atoms with van der Waals surface area (Å²) in [5, 5.41) is 19.0. The highest BCUT2D eigenvalue weighted by Gasteiger charge is 2.25. The van der Waals surface area contributed by atoms with Gasteiger partial charge in [0.1, 0.15) is 6.10 Å². The molecule has 0 saturated carbocycles. The quantitative estimate of drug-likeness (QED) is 0.607. The van der Waals surface area contributed by atoms with E-state index in [1.807, 2.05) is 6.08 Å². The van der Waals surface area contributed by atoms with Gasteiger partial charge in [-0.2, -0.15) is 0 Å². The van der Waals surface area contributed by atoms with Gasteiger partial charge in [0.2, 0.25) is 0 Å². The van der Waals surface area contributed by atoms with Crippen molar-refractivity contribution in [1.29, 1.82) is 0 Å². The summed E-state index contributed by atoms with van der Waals surface area (Å²) in [5.74, 6) is -0.852. The summed E-state index contributed by atoms with van der Waals surface area (Å²) >= 11 is 0. The summed E-state index contributed by atoms with van der Waals surface area (Å²) < 4.78 is 5.48.